The number of carbonyl (C=O) groups excluding carboxylic acids is 1. The second-order valence-electron chi connectivity index (χ2n) is 6.25. The zero-order valence-electron chi connectivity index (χ0n) is 13.6. The van der Waals surface area contributed by atoms with E-state index in [9.17, 15) is 9.90 Å². The maximum Gasteiger partial charge on any atom is 0.415 e. The highest BCUT2D eigenvalue weighted by Gasteiger charge is 2.47. The highest BCUT2D eigenvalue weighted by Crippen LogP contribution is 2.40. The number of aromatic nitrogens is 5. The number of carbonyl (C=O) groups is 1. The van der Waals surface area contributed by atoms with Crippen molar-refractivity contribution in [1.82, 2.24) is 25.2 Å². The Morgan fingerprint density at radius 3 is 2.85 bits per heavy atom. The molecule has 2 aliphatic heterocycles. The van der Waals surface area contributed by atoms with Crippen LogP contribution in [-0.4, -0.2) is 55.1 Å². The van der Waals surface area contributed by atoms with Gasteiger partial charge in [-0.1, -0.05) is 6.07 Å². The maximum atomic E-state index is 12.1. The van der Waals surface area contributed by atoms with Gasteiger partial charge < -0.3 is 9.84 Å². The van der Waals surface area contributed by atoms with E-state index in [-0.39, 0.29) is 12.6 Å². The van der Waals surface area contributed by atoms with Crippen molar-refractivity contribution in [2.75, 3.05) is 11.5 Å². The second kappa shape index (κ2) is 5.60. The van der Waals surface area contributed by atoms with Crippen molar-refractivity contribution < 1.29 is 14.6 Å². The highest BCUT2D eigenvalue weighted by atomic mass is 16.6. The van der Waals surface area contributed by atoms with Crippen LogP contribution in [-0.2, 0) is 11.2 Å². The molecule has 0 radical (unpaired) electrons. The molecular formula is C17H14N6O3. The number of fused-ring (bicyclic) bond motifs is 3. The molecule has 0 unspecified atom stereocenters. The van der Waals surface area contributed by atoms with E-state index in [2.05, 4.69) is 26.6 Å². The number of hydrogen-bond acceptors (Lipinski definition) is 7. The molecule has 3 aromatic rings. The van der Waals surface area contributed by atoms with Crippen LogP contribution in [0.25, 0.3) is 16.9 Å². The zero-order valence-corrected chi connectivity index (χ0v) is 13.6. The smallest absolute Gasteiger partial charge is 0.415 e. The van der Waals surface area contributed by atoms with Gasteiger partial charge in [0, 0.05) is 11.8 Å². The normalized spacial score (nSPS) is 20.8. The predicted molar refractivity (Wildman–Crippen MR) is 89.7 cm³/mol. The van der Waals surface area contributed by atoms with Crippen molar-refractivity contribution >= 4 is 11.8 Å². The van der Waals surface area contributed by atoms with Crippen molar-refractivity contribution in [3.63, 3.8) is 0 Å². The molecule has 0 bridgehead atoms. The Bertz CT molecular complexity index is 973. The minimum atomic E-state index is -0.476. The molecule has 9 heteroatoms. The molecule has 9 nitrogen and oxygen atoms in total. The van der Waals surface area contributed by atoms with Gasteiger partial charge in [0.05, 0.1) is 18.3 Å². The van der Waals surface area contributed by atoms with Crippen LogP contribution in [0.4, 0.5) is 10.5 Å². The van der Waals surface area contributed by atoms with Gasteiger partial charge in [-0.05, 0) is 52.2 Å². The van der Waals surface area contributed by atoms with Crippen molar-refractivity contribution in [2.45, 2.75) is 18.6 Å². The fourth-order valence-corrected chi connectivity index (χ4v) is 3.57. The monoisotopic (exact) mass is 350 g/mol. The van der Waals surface area contributed by atoms with Gasteiger partial charge in [0.2, 0.25) is 0 Å². The SMILES string of the molecule is O=C1O[C@@H](CO)[C@@H]2Cc3cc(-c4ccc(-n5cnnn5)nc4)ccc3N12. The summed E-state index contributed by atoms with van der Waals surface area (Å²) in [6.07, 6.45) is 3.04. The molecule has 1 saturated heterocycles. The van der Waals surface area contributed by atoms with Crippen molar-refractivity contribution in [3.8, 4) is 16.9 Å². The van der Waals surface area contributed by atoms with E-state index in [1.54, 1.807) is 11.1 Å². The predicted octanol–water partition coefficient (Wildman–Crippen LogP) is 0.966. The molecule has 4 heterocycles. The van der Waals surface area contributed by atoms with Gasteiger partial charge in [0.25, 0.3) is 0 Å². The first kappa shape index (κ1) is 15.0. The fraction of sp³-hybridized carbons (Fsp3) is 0.235. The lowest BCUT2D eigenvalue weighted by atomic mass is 10.0. The maximum absolute atomic E-state index is 12.1. The number of ether oxygens (including phenoxy) is 1. The summed E-state index contributed by atoms with van der Waals surface area (Å²) in [6.45, 7) is -0.170. The molecule has 0 saturated carbocycles. The first-order valence-electron chi connectivity index (χ1n) is 8.18. The van der Waals surface area contributed by atoms with Gasteiger partial charge in [-0.25, -0.2) is 9.78 Å². The van der Waals surface area contributed by atoms with Crippen molar-refractivity contribution in [1.29, 1.82) is 0 Å². The summed E-state index contributed by atoms with van der Waals surface area (Å²) in [5.74, 6) is 0.633. The molecule has 26 heavy (non-hydrogen) atoms. The first-order chi connectivity index (χ1) is 12.7. The number of aliphatic hydroxyl groups excluding tert-OH is 1. The first-order valence-corrected chi connectivity index (χ1v) is 8.18. The third-order valence-electron chi connectivity index (χ3n) is 4.82. The molecule has 1 N–H and O–H groups in total. The van der Waals surface area contributed by atoms with E-state index < -0.39 is 12.2 Å². The van der Waals surface area contributed by atoms with E-state index in [0.717, 1.165) is 22.4 Å². The summed E-state index contributed by atoms with van der Waals surface area (Å²) in [5, 5.41) is 20.4. The third kappa shape index (κ3) is 2.17. The molecule has 2 atom stereocenters. The largest absolute Gasteiger partial charge is 0.441 e. The number of anilines is 1. The quantitative estimate of drug-likeness (QED) is 0.750. The lowest BCUT2D eigenvalue weighted by Gasteiger charge is -2.14. The van der Waals surface area contributed by atoms with Gasteiger partial charge in [-0.3, -0.25) is 4.90 Å². The van der Waals surface area contributed by atoms with E-state index in [0.29, 0.717) is 12.2 Å². The molecule has 1 amide bonds. The van der Waals surface area contributed by atoms with Crippen LogP contribution in [0.5, 0.6) is 0 Å². The number of aliphatic hydroxyl groups is 1. The van der Waals surface area contributed by atoms with Gasteiger partial charge in [-0.2, -0.15) is 4.68 Å². The Balaban J connectivity index is 1.46. The summed E-state index contributed by atoms with van der Waals surface area (Å²) >= 11 is 0. The molecule has 1 aromatic carbocycles. The van der Waals surface area contributed by atoms with Crippen LogP contribution in [0, 0.1) is 0 Å². The van der Waals surface area contributed by atoms with Crippen LogP contribution >= 0.6 is 0 Å². The van der Waals surface area contributed by atoms with Gasteiger partial charge in [0.15, 0.2) is 5.82 Å². The number of nitrogens with zero attached hydrogens (tertiary/aromatic N) is 6. The molecule has 0 aliphatic carbocycles. The summed E-state index contributed by atoms with van der Waals surface area (Å²) < 4.78 is 6.69. The molecule has 0 spiro atoms. The molecule has 130 valence electrons. The summed E-state index contributed by atoms with van der Waals surface area (Å²) in [6, 6.07) is 9.58. The Kier molecular flexibility index (Phi) is 3.22. The number of hydrogen-bond donors (Lipinski definition) is 1. The lowest BCUT2D eigenvalue weighted by molar-refractivity contribution is 0.0830. The van der Waals surface area contributed by atoms with Crippen molar-refractivity contribution in [3.05, 3.63) is 48.4 Å². The Hall–Kier alpha value is -3.33. The zero-order chi connectivity index (χ0) is 17.7. The number of cyclic esters (lactones) is 1. The average Bonchev–Trinajstić information content (AvgIpc) is 3.38. The van der Waals surface area contributed by atoms with E-state index in [1.807, 2.05) is 24.3 Å². The summed E-state index contributed by atoms with van der Waals surface area (Å²) in [4.78, 5) is 18.1. The van der Waals surface area contributed by atoms with Crippen LogP contribution in [0.1, 0.15) is 5.56 Å². The number of tetrazole rings is 1. The van der Waals surface area contributed by atoms with E-state index >= 15 is 0 Å². The number of pyridine rings is 1. The third-order valence-corrected chi connectivity index (χ3v) is 4.82. The average molecular weight is 350 g/mol. The second-order valence-corrected chi connectivity index (χ2v) is 6.25. The Morgan fingerprint density at radius 2 is 2.12 bits per heavy atom. The Morgan fingerprint density at radius 1 is 1.23 bits per heavy atom. The number of amides is 1. The minimum absolute atomic E-state index is 0.141. The fourth-order valence-electron chi connectivity index (χ4n) is 3.57. The van der Waals surface area contributed by atoms with Gasteiger partial charge in [-0.15, -0.1) is 5.10 Å². The molecule has 2 aliphatic rings. The van der Waals surface area contributed by atoms with E-state index in [1.165, 1.54) is 11.0 Å². The number of benzene rings is 1. The standard InChI is InChI=1S/C17H14N6O3/c24-8-15-14-6-12-5-10(1-3-13(12)23(14)17(25)26-15)11-2-4-16(18-7-11)22-9-19-20-21-22/h1-5,7,9,14-15,24H,6,8H2/t14-,15-/m0/s1. The summed E-state index contributed by atoms with van der Waals surface area (Å²) in [7, 11) is 0. The van der Waals surface area contributed by atoms with Crippen LogP contribution < -0.4 is 4.90 Å². The minimum Gasteiger partial charge on any atom is -0.441 e. The Labute approximate surface area is 147 Å². The summed E-state index contributed by atoms with van der Waals surface area (Å²) in [5.41, 5.74) is 3.87. The highest BCUT2D eigenvalue weighted by molar-refractivity contribution is 5.94. The van der Waals surface area contributed by atoms with Crippen LogP contribution in [0.3, 0.4) is 0 Å². The molecule has 5 rings (SSSR count). The van der Waals surface area contributed by atoms with E-state index in [4.69, 9.17) is 4.74 Å². The topological polar surface area (TPSA) is 106 Å². The van der Waals surface area contributed by atoms with Crippen LogP contribution in [0.2, 0.25) is 0 Å². The molecule has 2 aromatic heterocycles. The molecular weight excluding hydrogens is 336 g/mol. The van der Waals surface area contributed by atoms with Gasteiger partial charge >= 0.3 is 6.09 Å². The molecule has 1 fully saturated rings. The number of rotatable bonds is 3. The van der Waals surface area contributed by atoms with Gasteiger partial charge in [0.1, 0.15) is 12.4 Å². The van der Waals surface area contributed by atoms with Crippen LogP contribution in [0.15, 0.2) is 42.9 Å². The van der Waals surface area contributed by atoms with Crippen molar-refractivity contribution in [2.24, 2.45) is 0 Å². The lowest BCUT2D eigenvalue weighted by Crippen LogP contribution is -2.34.